The van der Waals surface area contributed by atoms with Crippen molar-refractivity contribution in [2.75, 3.05) is 5.73 Å². The van der Waals surface area contributed by atoms with Crippen molar-refractivity contribution in [2.45, 2.75) is 20.8 Å². The van der Waals surface area contributed by atoms with E-state index in [2.05, 4.69) is 18.9 Å². The second-order valence-corrected chi connectivity index (χ2v) is 3.80. The number of hydrogen-bond donors (Lipinski definition) is 1. The van der Waals surface area contributed by atoms with Gasteiger partial charge in [-0.1, -0.05) is 0 Å². The first-order valence-electron chi connectivity index (χ1n) is 4.98. The van der Waals surface area contributed by atoms with Gasteiger partial charge < -0.3 is 5.73 Å². The van der Waals surface area contributed by atoms with Crippen LogP contribution in [0.15, 0.2) is 24.3 Å². The van der Waals surface area contributed by atoms with Crippen LogP contribution in [0.2, 0.25) is 0 Å². The first-order chi connectivity index (χ1) is 7.09. The molecule has 0 fully saturated rings. The molecule has 0 amide bonds. The van der Waals surface area contributed by atoms with Gasteiger partial charge in [-0.3, -0.25) is 0 Å². The van der Waals surface area contributed by atoms with Crippen LogP contribution in [-0.4, -0.2) is 9.78 Å². The van der Waals surface area contributed by atoms with Gasteiger partial charge in [0.1, 0.15) is 0 Å². The van der Waals surface area contributed by atoms with Crippen molar-refractivity contribution in [1.29, 1.82) is 0 Å². The van der Waals surface area contributed by atoms with Crippen LogP contribution in [0.4, 0.5) is 5.69 Å². The van der Waals surface area contributed by atoms with Gasteiger partial charge in [0.25, 0.3) is 0 Å². The van der Waals surface area contributed by atoms with Gasteiger partial charge in [-0.25, -0.2) is 4.68 Å². The van der Waals surface area contributed by atoms with E-state index in [1.165, 1.54) is 11.3 Å². The van der Waals surface area contributed by atoms with Gasteiger partial charge in [0.15, 0.2) is 0 Å². The fourth-order valence-corrected chi connectivity index (χ4v) is 1.59. The summed E-state index contributed by atoms with van der Waals surface area (Å²) in [6, 6.07) is 7.74. The molecular weight excluding hydrogens is 186 g/mol. The third kappa shape index (κ3) is 1.61. The molecule has 0 aliphatic heterocycles. The Balaban J connectivity index is 2.54. The predicted octanol–water partition coefficient (Wildman–Crippen LogP) is 2.38. The fraction of sp³-hybridized carbons (Fsp3) is 0.250. The molecule has 3 nitrogen and oxygen atoms in total. The van der Waals surface area contributed by atoms with E-state index in [1.54, 1.807) is 0 Å². The Kier molecular flexibility index (Phi) is 2.23. The number of nitrogens with two attached hydrogens (primary N) is 1. The van der Waals surface area contributed by atoms with Gasteiger partial charge in [0, 0.05) is 11.4 Å². The summed E-state index contributed by atoms with van der Waals surface area (Å²) in [6.45, 7) is 6.19. The number of nitrogens with zero attached hydrogens (tertiary/aromatic N) is 2. The average molecular weight is 201 g/mol. The smallest absolute Gasteiger partial charge is 0.0650 e. The number of aryl methyl sites for hydroxylation is 1. The van der Waals surface area contributed by atoms with Crippen LogP contribution in [-0.2, 0) is 0 Å². The van der Waals surface area contributed by atoms with Gasteiger partial charge in [-0.05, 0) is 50.6 Å². The van der Waals surface area contributed by atoms with E-state index in [4.69, 9.17) is 5.73 Å². The number of aromatic nitrogens is 2. The molecule has 1 aromatic heterocycles. The maximum atomic E-state index is 5.65. The van der Waals surface area contributed by atoms with Crippen molar-refractivity contribution in [3.8, 4) is 5.69 Å². The first-order valence-corrected chi connectivity index (χ1v) is 4.98. The molecule has 78 valence electrons. The molecule has 0 aliphatic carbocycles. The lowest BCUT2D eigenvalue weighted by atomic mass is 10.2. The minimum absolute atomic E-state index is 0.775. The van der Waals surface area contributed by atoms with Crippen LogP contribution < -0.4 is 5.73 Å². The lowest BCUT2D eigenvalue weighted by molar-refractivity contribution is 0.833. The van der Waals surface area contributed by atoms with Gasteiger partial charge in [-0.2, -0.15) is 5.10 Å². The van der Waals surface area contributed by atoms with Crippen LogP contribution >= 0.6 is 0 Å². The molecule has 1 heterocycles. The van der Waals surface area contributed by atoms with E-state index in [9.17, 15) is 0 Å². The number of rotatable bonds is 1. The first kappa shape index (κ1) is 9.77. The van der Waals surface area contributed by atoms with Crippen molar-refractivity contribution in [3.63, 3.8) is 0 Å². The molecule has 0 aliphatic rings. The Morgan fingerprint density at radius 3 is 2.13 bits per heavy atom. The summed E-state index contributed by atoms with van der Waals surface area (Å²) in [6.07, 6.45) is 0. The van der Waals surface area contributed by atoms with Crippen LogP contribution in [0.25, 0.3) is 5.69 Å². The lowest BCUT2D eigenvalue weighted by Crippen LogP contribution is -1.99. The molecule has 2 rings (SSSR count). The third-order valence-corrected chi connectivity index (χ3v) is 2.79. The molecule has 0 atom stereocenters. The Morgan fingerprint density at radius 2 is 1.67 bits per heavy atom. The molecule has 15 heavy (non-hydrogen) atoms. The van der Waals surface area contributed by atoms with E-state index in [-0.39, 0.29) is 0 Å². The minimum Gasteiger partial charge on any atom is -0.399 e. The topological polar surface area (TPSA) is 43.8 Å². The van der Waals surface area contributed by atoms with Gasteiger partial charge in [0.05, 0.1) is 11.4 Å². The molecule has 0 spiro atoms. The Hall–Kier alpha value is -1.77. The Labute approximate surface area is 89.5 Å². The van der Waals surface area contributed by atoms with Crippen molar-refractivity contribution < 1.29 is 0 Å². The zero-order valence-electron chi connectivity index (χ0n) is 9.28. The molecular formula is C12H15N3. The SMILES string of the molecule is Cc1nn(-c2ccc(N)cc2)c(C)c1C. The van der Waals surface area contributed by atoms with Gasteiger partial charge in [-0.15, -0.1) is 0 Å². The van der Waals surface area contributed by atoms with E-state index >= 15 is 0 Å². The quantitative estimate of drug-likeness (QED) is 0.720. The lowest BCUT2D eigenvalue weighted by Gasteiger charge is -2.04. The number of benzene rings is 1. The maximum Gasteiger partial charge on any atom is 0.0650 e. The van der Waals surface area contributed by atoms with Crippen molar-refractivity contribution in [1.82, 2.24) is 9.78 Å². The van der Waals surface area contributed by atoms with Crippen LogP contribution in [0.3, 0.4) is 0 Å². The summed E-state index contributed by atoms with van der Waals surface area (Å²) >= 11 is 0. The van der Waals surface area contributed by atoms with Crippen LogP contribution in [0.5, 0.6) is 0 Å². The Morgan fingerprint density at radius 1 is 1.07 bits per heavy atom. The second-order valence-electron chi connectivity index (χ2n) is 3.80. The van der Waals surface area contributed by atoms with E-state index < -0.39 is 0 Å². The van der Waals surface area contributed by atoms with Crippen molar-refractivity contribution in [2.24, 2.45) is 0 Å². The van der Waals surface area contributed by atoms with Crippen molar-refractivity contribution >= 4 is 5.69 Å². The second kappa shape index (κ2) is 3.42. The molecule has 0 bridgehead atoms. The highest BCUT2D eigenvalue weighted by atomic mass is 15.3. The van der Waals surface area contributed by atoms with E-state index in [0.717, 1.165) is 17.1 Å². The maximum absolute atomic E-state index is 5.65. The zero-order valence-corrected chi connectivity index (χ0v) is 9.28. The monoisotopic (exact) mass is 201 g/mol. The average Bonchev–Trinajstić information content (AvgIpc) is 2.47. The van der Waals surface area contributed by atoms with Crippen LogP contribution in [0, 0.1) is 20.8 Å². The summed E-state index contributed by atoms with van der Waals surface area (Å²) in [5.41, 5.74) is 11.0. The van der Waals surface area contributed by atoms with E-state index in [0.29, 0.717) is 0 Å². The summed E-state index contributed by atoms with van der Waals surface area (Å²) in [7, 11) is 0. The standard InChI is InChI=1S/C12H15N3/c1-8-9(2)14-15(10(8)3)12-6-4-11(13)5-7-12/h4-7H,13H2,1-3H3. The molecule has 2 N–H and O–H groups in total. The summed E-state index contributed by atoms with van der Waals surface area (Å²) in [5, 5.41) is 4.49. The normalized spacial score (nSPS) is 10.6. The highest BCUT2D eigenvalue weighted by Gasteiger charge is 2.07. The highest BCUT2D eigenvalue weighted by molar-refractivity contribution is 5.46. The summed E-state index contributed by atoms with van der Waals surface area (Å²) in [5.74, 6) is 0. The van der Waals surface area contributed by atoms with Gasteiger partial charge in [0.2, 0.25) is 0 Å². The summed E-state index contributed by atoms with van der Waals surface area (Å²) < 4.78 is 1.95. The van der Waals surface area contributed by atoms with Gasteiger partial charge >= 0.3 is 0 Å². The molecule has 1 aromatic carbocycles. The minimum atomic E-state index is 0.775. The largest absolute Gasteiger partial charge is 0.399 e. The molecule has 0 radical (unpaired) electrons. The zero-order chi connectivity index (χ0) is 11.0. The molecule has 3 heteroatoms. The van der Waals surface area contributed by atoms with E-state index in [1.807, 2.05) is 35.9 Å². The third-order valence-electron chi connectivity index (χ3n) is 2.79. The summed E-state index contributed by atoms with van der Waals surface area (Å²) in [4.78, 5) is 0. The highest BCUT2D eigenvalue weighted by Crippen LogP contribution is 2.17. The molecule has 0 saturated carbocycles. The molecule has 0 unspecified atom stereocenters. The van der Waals surface area contributed by atoms with Crippen molar-refractivity contribution in [3.05, 3.63) is 41.2 Å². The van der Waals surface area contributed by atoms with Crippen LogP contribution in [0.1, 0.15) is 17.0 Å². The molecule has 0 saturated heterocycles. The number of anilines is 1. The Bertz CT molecular complexity index is 480. The number of hydrogen-bond acceptors (Lipinski definition) is 2. The molecule has 2 aromatic rings. The fourth-order valence-electron chi connectivity index (χ4n) is 1.59. The predicted molar refractivity (Wildman–Crippen MR) is 62.2 cm³/mol. The number of nitrogen functional groups attached to an aromatic ring is 1.